The molecule has 0 bridgehead atoms. The second kappa shape index (κ2) is 5.81. The van der Waals surface area contributed by atoms with E-state index in [2.05, 4.69) is 14.9 Å². The van der Waals surface area contributed by atoms with Crippen LogP contribution in [0, 0.1) is 5.82 Å². The van der Waals surface area contributed by atoms with Crippen molar-refractivity contribution in [1.29, 1.82) is 0 Å². The van der Waals surface area contributed by atoms with E-state index in [1.807, 2.05) is 18.2 Å². The number of halogens is 1. The van der Waals surface area contributed by atoms with E-state index in [0.29, 0.717) is 17.0 Å². The number of anilines is 1. The van der Waals surface area contributed by atoms with Gasteiger partial charge in [0.15, 0.2) is 0 Å². The molecule has 0 amide bonds. The van der Waals surface area contributed by atoms with E-state index >= 15 is 0 Å². The number of aromatic nitrogens is 2. The molecule has 3 aromatic rings. The van der Waals surface area contributed by atoms with Crippen LogP contribution in [0.1, 0.15) is 5.56 Å². The number of hydrogen-bond acceptors (Lipinski definition) is 5. The zero-order valence-electron chi connectivity index (χ0n) is 13.1. The van der Waals surface area contributed by atoms with Gasteiger partial charge in [-0.2, -0.15) is 0 Å². The third-order valence-corrected chi connectivity index (χ3v) is 4.34. The summed E-state index contributed by atoms with van der Waals surface area (Å²) in [6, 6.07) is 10.5. The van der Waals surface area contributed by atoms with E-state index in [1.165, 1.54) is 12.1 Å². The number of benzene rings is 1. The standard InChI is InChI=1S/C18H18FN5/c19-13-3-1-2-11(6-13)16-5-4-15-12(8-24-9-14(20)10-24)7-22-18(21)17(15)23-16/h1-7,14H,8-10,20H2,(H2,21,22). The largest absolute Gasteiger partial charge is 0.382 e. The highest BCUT2D eigenvalue weighted by molar-refractivity contribution is 5.91. The maximum Gasteiger partial charge on any atom is 0.149 e. The van der Waals surface area contributed by atoms with Crippen LogP contribution in [0.25, 0.3) is 22.2 Å². The molecule has 0 saturated carbocycles. The molecule has 3 heterocycles. The van der Waals surface area contributed by atoms with Gasteiger partial charge in [-0.15, -0.1) is 0 Å². The molecule has 0 spiro atoms. The highest BCUT2D eigenvalue weighted by Gasteiger charge is 2.23. The van der Waals surface area contributed by atoms with Crippen LogP contribution < -0.4 is 11.5 Å². The number of nitrogen functional groups attached to an aromatic ring is 1. The van der Waals surface area contributed by atoms with E-state index in [0.717, 1.165) is 36.1 Å². The fraction of sp³-hybridized carbons (Fsp3) is 0.222. The van der Waals surface area contributed by atoms with Gasteiger partial charge in [-0.25, -0.2) is 14.4 Å². The summed E-state index contributed by atoms with van der Waals surface area (Å²) in [6.45, 7) is 2.56. The molecule has 6 heteroatoms. The van der Waals surface area contributed by atoms with E-state index < -0.39 is 0 Å². The lowest BCUT2D eigenvalue weighted by molar-refractivity contribution is 0.143. The average molecular weight is 323 g/mol. The number of nitrogens with two attached hydrogens (primary N) is 2. The number of rotatable bonds is 3. The molecule has 1 aliphatic rings. The number of fused-ring (bicyclic) bond motifs is 1. The normalized spacial score (nSPS) is 15.6. The zero-order chi connectivity index (χ0) is 16.7. The molecule has 0 aliphatic carbocycles. The van der Waals surface area contributed by atoms with Crippen molar-refractivity contribution in [1.82, 2.24) is 14.9 Å². The smallest absolute Gasteiger partial charge is 0.149 e. The Balaban J connectivity index is 1.75. The molecular formula is C18H18FN5. The quantitative estimate of drug-likeness (QED) is 0.772. The summed E-state index contributed by atoms with van der Waals surface area (Å²) in [5.74, 6) is 0.0932. The van der Waals surface area contributed by atoms with E-state index in [4.69, 9.17) is 11.5 Å². The molecule has 2 aromatic heterocycles. The van der Waals surface area contributed by atoms with Gasteiger partial charge in [0.2, 0.25) is 0 Å². The number of nitrogens with zero attached hydrogens (tertiary/aromatic N) is 3. The van der Waals surface area contributed by atoms with E-state index in [-0.39, 0.29) is 11.9 Å². The Morgan fingerprint density at radius 3 is 2.79 bits per heavy atom. The Kier molecular flexibility index (Phi) is 3.63. The molecule has 24 heavy (non-hydrogen) atoms. The second-order valence-electron chi connectivity index (χ2n) is 6.23. The van der Waals surface area contributed by atoms with Crippen molar-refractivity contribution in [3.8, 4) is 11.3 Å². The Morgan fingerprint density at radius 1 is 1.21 bits per heavy atom. The Labute approximate surface area is 139 Å². The number of pyridine rings is 2. The third-order valence-electron chi connectivity index (χ3n) is 4.34. The lowest BCUT2D eigenvalue weighted by atomic mass is 10.0. The molecule has 4 rings (SSSR count). The van der Waals surface area contributed by atoms with Crippen molar-refractivity contribution >= 4 is 16.7 Å². The maximum absolute atomic E-state index is 13.5. The first-order valence-corrected chi connectivity index (χ1v) is 7.88. The van der Waals surface area contributed by atoms with E-state index in [9.17, 15) is 4.39 Å². The molecule has 0 unspecified atom stereocenters. The SMILES string of the molecule is Nc1ncc(CN2CC(N)C2)c2ccc(-c3cccc(F)c3)nc12. The minimum atomic E-state index is -0.289. The first-order valence-electron chi connectivity index (χ1n) is 7.88. The molecule has 4 N–H and O–H groups in total. The lowest BCUT2D eigenvalue weighted by Crippen LogP contribution is -2.54. The first-order chi connectivity index (χ1) is 11.6. The van der Waals surface area contributed by atoms with Crippen LogP contribution in [0.4, 0.5) is 10.2 Å². The Bertz CT molecular complexity index is 905. The summed E-state index contributed by atoms with van der Waals surface area (Å²) < 4.78 is 13.5. The molecule has 122 valence electrons. The van der Waals surface area contributed by atoms with Crippen molar-refractivity contribution in [2.24, 2.45) is 5.73 Å². The molecule has 1 saturated heterocycles. The summed E-state index contributed by atoms with van der Waals surface area (Å²) in [6.07, 6.45) is 1.80. The molecular weight excluding hydrogens is 305 g/mol. The maximum atomic E-state index is 13.5. The van der Waals surface area contributed by atoms with Crippen molar-refractivity contribution < 1.29 is 4.39 Å². The highest BCUT2D eigenvalue weighted by Crippen LogP contribution is 2.27. The molecule has 1 aliphatic heterocycles. The topological polar surface area (TPSA) is 81.1 Å². The fourth-order valence-corrected chi connectivity index (χ4v) is 3.11. The van der Waals surface area contributed by atoms with Crippen molar-refractivity contribution in [2.45, 2.75) is 12.6 Å². The minimum absolute atomic E-state index is 0.260. The summed E-state index contributed by atoms with van der Waals surface area (Å²) in [5.41, 5.74) is 15.0. The van der Waals surface area contributed by atoms with Gasteiger partial charge in [-0.3, -0.25) is 4.90 Å². The third kappa shape index (κ3) is 2.70. The summed E-state index contributed by atoms with van der Waals surface area (Å²) in [4.78, 5) is 11.2. The fourth-order valence-electron chi connectivity index (χ4n) is 3.11. The summed E-state index contributed by atoms with van der Waals surface area (Å²) in [5, 5.41) is 0.975. The average Bonchev–Trinajstić information content (AvgIpc) is 2.55. The molecule has 0 atom stereocenters. The Morgan fingerprint density at radius 2 is 2.04 bits per heavy atom. The van der Waals surface area contributed by atoms with Crippen LogP contribution in [0.5, 0.6) is 0 Å². The van der Waals surface area contributed by atoms with Gasteiger partial charge in [0.05, 0.1) is 5.69 Å². The molecule has 5 nitrogen and oxygen atoms in total. The highest BCUT2D eigenvalue weighted by atomic mass is 19.1. The van der Waals surface area contributed by atoms with Crippen LogP contribution in [-0.2, 0) is 6.54 Å². The Hall–Kier alpha value is -2.57. The summed E-state index contributed by atoms with van der Waals surface area (Å²) in [7, 11) is 0. The van der Waals surface area contributed by atoms with Crippen LogP contribution in [0.2, 0.25) is 0 Å². The molecule has 0 radical (unpaired) electrons. The predicted octanol–water partition coefficient (Wildman–Crippen LogP) is 2.16. The van der Waals surface area contributed by atoms with Gasteiger partial charge in [0.1, 0.15) is 17.2 Å². The first kappa shape index (κ1) is 15.0. The van der Waals surface area contributed by atoms with Gasteiger partial charge in [0.25, 0.3) is 0 Å². The molecule has 1 fully saturated rings. The zero-order valence-corrected chi connectivity index (χ0v) is 13.1. The second-order valence-corrected chi connectivity index (χ2v) is 6.23. The summed E-state index contributed by atoms with van der Waals surface area (Å²) >= 11 is 0. The van der Waals surface area contributed by atoms with Crippen LogP contribution in [0.15, 0.2) is 42.6 Å². The van der Waals surface area contributed by atoms with Crippen molar-refractivity contribution in [2.75, 3.05) is 18.8 Å². The van der Waals surface area contributed by atoms with Crippen molar-refractivity contribution in [3.05, 3.63) is 54.0 Å². The van der Waals surface area contributed by atoms with E-state index in [1.54, 1.807) is 12.3 Å². The monoisotopic (exact) mass is 323 g/mol. The number of hydrogen-bond donors (Lipinski definition) is 2. The van der Waals surface area contributed by atoms with Gasteiger partial charge in [0, 0.05) is 42.8 Å². The van der Waals surface area contributed by atoms with Crippen LogP contribution in [-0.4, -0.2) is 34.0 Å². The minimum Gasteiger partial charge on any atom is -0.382 e. The van der Waals surface area contributed by atoms with Gasteiger partial charge in [-0.1, -0.05) is 18.2 Å². The van der Waals surface area contributed by atoms with Crippen molar-refractivity contribution in [3.63, 3.8) is 0 Å². The van der Waals surface area contributed by atoms with Gasteiger partial charge >= 0.3 is 0 Å². The predicted molar refractivity (Wildman–Crippen MR) is 92.6 cm³/mol. The van der Waals surface area contributed by atoms with Gasteiger partial charge < -0.3 is 11.5 Å². The van der Waals surface area contributed by atoms with Crippen LogP contribution in [0.3, 0.4) is 0 Å². The number of likely N-dealkylation sites (tertiary alicyclic amines) is 1. The van der Waals surface area contributed by atoms with Crippen LogP contribution >= 0.6 is 0 Å². The molecule has 1 aromatic carbocycles. The lowest BCUT2D eigenvalue weighted by Gasteiger charge is -2.36. The van der Waals surface area contributed by atoms with Gasteiger partial charge in [-0.05, 0) is 23.8 Å².